The molecule has 4 heteroatoms. The minimum absolute atomic E-state index is 0.250. The van der Waals surface area contributed by atoms with Crippen molar-refractivity contribution in [1.29, 1.82) is 0 Å². The van der Waals surface area contributed by atoms with Gasteiger partial charge in [0.05, 0.1) is 12.7 Å². The molecule has 1 unspecified atom stereocenters. The second-order valence-corrected chi connectivity index (χ2v) is 5.46. The molecule has 1 saturated carbocycles. The van der Waals surface area contributed by atoms with E-state index in [9.17, 15) is 4.79 Å². The number of nitrogens with two attached hydrogens (primary N) is 1. The van der Waals surface area contributed by atoms with Crippen molar-refractivity contribution in [1.82, 2.24) is 5.32 Å². The minimum Gasteiger partial charge on any atom is -0.375 e. The van der Waals surface area contributed by atoms with Gasteiger partial charge in [0.25, 0.3) is 0 Å². The van der Waals surface area contributed by atoms with Gasteiger partial charge >= 0.3 is 0 Å². The zero-order valence-electron chi connectivity index (χ0n) is 12.1. The van der Waals surface area contributed by atoms with Gasteiger partial charge in [-0.1, -0.05) is 49.6 Å². The van der Waals surface area contributed by atoms with Crippen LogP contribution < -0.4 is 11.1 Å². The summed E-state index contributed by atoms with van der Waals surface area (Å²) in [4.78, 5) is 12.0. The van der Waals surface area contributed by atoms with Gasteiger partial charge in [-0.15, -0.1) is 0 Å². The molecule has 1 aromatic rings. The fourth-order valence-corrected chi connectivity index (χ4v) is 2.83. The lowest BCUT2D eigenvalue weighted by Gasteiger charge is -2.33. The molecule has 0 radical (unpaired) electrons. The van der Waals surface area contributed by atoms with Crippen molar-refractivity contribution in [3.8, 4) is 0 Å². The van der Waals surface area contributed by atoms with Crippen LogP contribution in [-0.2, 0) is 15.1 Å². The highest BCUT2D eigenvalue weighted by Gasteiger charge is 2.38. The lowest BCUT2D eigenvalue weighted by atomic mass is 9.89. The molecule has 1 fully saturated rings. The summed E-state index contributed by atoms with van der Waals surface area (Å²) < 4.78 is 5.99. The molecular formula is C16H24N2O2. The molecule has 3 N–H and O–H groups in total. The summed E-state index contributed by atoms with van der Waals surface area (Å²) in [5.74, 6) is -0.401. The maximum atomic E-state index is 12.0. The van der Waals surface area contributed by atoms with Crippen LogP contribution in [0.15, 0.2) is 30.3 Å². The number of hydrogen-bond donors (Lipinski definition) is 2. The van der Waals surface area contributed by atoms with Crippen LogP contribution in [0, 0.1) is 0 Å². The Hall–Kier alpha value is -1.39. The Balaban J connectivity index is 2.12. The van der Waals surface area contributed by atoms with Gasteiger partial charge < -0.3 is 15.8 Å². The van der Waals surface area contributed by atoms with Gasteiger partial charge in [0.15, 0.2) is 0 Å². The maximum Gasteiger partial charge on any atom is 0.244 e. The van der Waals surface area contributed by atoms with Crippen LogP contribution in [0.5, 0.6) is 0 Å². The SMILES string of the molecule is CNC(COC1CCCCC1)(C(N)=O)c1ccccc1. The first kappa shape index (κ1) is 15.0. The van der Waals surface area contributed by atoms with Crippen molar-refractivity contribution in [2.45, 2.75) is 43.7 Å². The molecule has 0 aromatic heterocycles. The fourth-order valence-electron chi connectivity index (χ4n) is 2.83. The van der Waals surface area contributed by atoms with E-state index in [1.807, 2.05) is 30.3 Å². The van der Waals surface area contributed by atoms with Crippen LogP contribution in [0.1, 0.15) is 37.7 Å². The van der Waals surface area contributed by atoms with E-state index >= 15 is 0 Å². The zero-order valence-corrected chi connectivity index (χ0v) is 12.1. The smallest absolute Gasteiger partial charge is 0.244 e. The zero-order chi connectivity index (χ0) is 14.4. The van der Waals surface area contributed by atoms with E-state index in [0.29, 0.717) is 0 Å². The maximum absolute atomic E-state index is 12.0. The highest BCUT2D eigenvalue weighted by atomic mass is 16.5. The third-order valence-electron chi connectivity index (χ3n) is 4.20. The molecular weight excluding hydrogens is 252 g/mol. The number of hydrogen-bond acceptors (Lipinski definition) is 3. The number of carbonyl (C=O) groups is 1. The lowest BCUT2D eigenvalue weighted by Crippen LogP contribution is -2.55. The summed E-state index contributed by atoms with van der Waals surface area (Å²) >= 11 is 0. The van der Waals surface area contributed by atoms with Crippen molar-refractivity contribution in [2.75, 3.05) is 13.7 Å². The van der Waals surface area contributed by atoms with Crippen LogP contribution >= 0.6 is 0 Å². The van der Waals surface area contributed by atoms with Gasteiger partial charge in [0.1, 0.15) is 5.54 Å². The molecule has 0 spiro atoms. The largest absolute Gasteiger partial charge is 0.375 e. The molecule has 0 bridgehead atoms. The van der Waals surface area contributed by atoms with E-state index in [1.54, 1.807) is 7.05 Å². The first-order chi connectivity index (χ1) is 9.69. The second kappa shape index (κ2) is 6.86. The number of amides is 1. The number of benzene rings is 1. The van der Waals surface area contributed by atoms with Crippen LogP contribution in [-0.4, -0.2) is 25.7 Å². The van der Waals surface area contributed by atoms with Gasteiger partial charge in [-0.3, -0.25) is 4.79 Å². The third-order valence-corrected chi connectivity index (χ3v) is 4.20. The summed E-state index contributed by atoms with van der Waals surface area (Å²) in [6.45, 7) is 0.285. The Morgan fingerprint density at radius 1 is 1.30 bits per heavy atom. The number of rotatable bonds is 6. The monoisotopic (exact) mass is 276 g/mol. The topological polar surface area (TPSA) is 64.3 Å². The number of ether oxygens (including phenoxy) is 1. The van der Waals surface area contributed by atoms with Crippen molar-refractivity contribution in [2.24, 2.45) is 5.73 Å². The third kappa shape index (κ3) is 3.19. The van der Waals surface area contributed by atoms with E-state index in [4.69, 9.17) is 10.5 Å². The summed E-state index contributed by atoms with van der Waals surface area (Å²) in [6.07, 6.45) is 6.10. The van der Waals surface area contributed by atoms with Gasteiger partial charge in [0, 0.05) is 0 Å². The highest BCUT2D eigenvalue weighted by Crippen LogP contribution is 2.25. The van der Waals surface area contributed by atoms with Gasteiger partial charge in [-0.2, -0.15) is 0 Å². The molecule has 1 atom stereocenters. The van der Waals surface area contributed by atoms with E-state index in [-0.39, 0.29) is 12.7 Å². The van der Waals surface area contributed by atoms with E-state index in [1.165, 1.54) is 19.3 Å². The fraction of sp³-hybridized carbons (Fsp3) is 0.562. The van der Waals surface area contributed by atoms with Crippen LogP contribution in [0.3, 0.4) is 0 Å². The van der Waals surface area contributed by atoms with Crippen LogP contribution in [0.2, 0.25) is 0 Å². The number of likely N-dealkylation sites (N-methyl/N-ethyl adjacent to an activating group) is 1. The Morgan fingerprint density at radius 2 is 1.95 bits per heavy atom. The summed E-state index contributed by atoms with van der Waals surface area (Å²) in [5.41, 5.74) is 5.56. The van der Waals surface area contributed by atoms with Gasteiger partial charge in [-0.05, 0) is 25.5 Å². The van der Waals surface area contributed by atoms with Crippen molar-refractivity contribution < 1.29 is 9.53 Å². The molecule has 2 rings (SSSR count). The van der Waals surface area contributed by atoms with E-state index < -0.39 is 11.4 Å². The molecule has 1 aliphatic carbocycles. The summed E-state index contributed by atoms with van der Waals surface area (Å²) in [6, 6.07) is 9.56. The molecule has 1 aliphatic rings. The number of carbonyl (C=O) groups excluding carboxylic acids is 1. The molecule has 1 amide bonds. The lowest BCUT2D eigenvalue weighted by molar-refractivity contribution is -0.129. The standard InChI is InChI=1S/C16H24N2O2/c1-18-16(15(17)19,13-8-4-2-5-9-13)12-20-14-10-6-3-7-11-14/h2,4-5,8-9,14,18H,3,6-7,10-12H2,1H3,(H2,17,19). The first-order valence-corrected chi connectivity index (χ1v) is 7.35. The molecule has 1 aromatic carbocycles. The Labute approximate surface area is 120 Å². The normalized spacial score (nSPS) is 19.4. The highest BCUT2D eigenvalue weighted by molar-refractivity contribution is 5.86. The first-order valence-electron chi connectivity index (χ1n) is 7.35. The molecule has 4 nitrogen and oxygen atoms in total. The van der Waals surface area contributed by atoms with Crippen LogP contribution in [0.25, 0.3) is 0 Å². The van der Waals surface area contributed by atoms with Gasteiger partial charge in [-0.25, -0.2) is 0 Å². The molecule has 0 heterocycles. The van der Waals surface area contributed by atoms with Crippen molar-refractivity contribution in [3.05, 3.63) is 35.9 Å². The Kier molecular flexibility index (Phi) is 5.15. The predicted molar refractivity (Wildman–Crippen MR) is 79.2 cm³/mol. The second-order valence-electron chi connectivity index (χ2n) is 5.46. The minimum atomic E-state index is -0.946. The summed E-state index contributed by atoms with van der Waals surface area (Å²) in [5, 5.41) is 3.07. The van der Waals surface area contributed by atoms with E-state index in [2.05, 4.69) is 5.32 Å². The molecule has 20 heavy (non-hydrogen) atoms. The Bertz CT molecular complexity index is 429. The summed E-state index contributed by atoms with van der Waals surface area (Å²) in [7, 11) is 1.75. The Morgan fingerprint density at radius 3 is 2.50 bits per heavy atom. The molecule has 110 valence electrons. The average molecular weight is 276 g/mol. The van der Waals surface area contributed by atoms with E-state index in [0.717, 1.165) is 18.4 Å². The van der Waals surface area contributed by atoms with Gasteiger partial charge in [0.2, 0.25) is 5.91 Å². The average Bonchev–Trinajstić information content (AvgIpc) is 2.50. The molecule has 0 aliphatic heterocycles. The number of nitrogens with one attached hydrogen (secondary N) is 1. The predicted octanol–water partition coefficient (Wildman–Crippen LogP) is 1.94. The van der Waals surface area contributed by atoms with Crippen LogP contribution in [0.4, 0.5) is 0 Å². The number of primary amides is 1. The van der Waals surface area contributed by atoms with Crippen molar-refractivity contribution in [3.63, 3.8) is 0 Å². The quantitative estimate of drug-likeness (QED) is 0.834. The molecule has 0 saturated heterocycles. The van der Waals surface area contributed by atoms with Crippen molar-refractivity contribution >= 4 is 5.91 Å².